The van der Waals surface area contributed by atoms with Crippen molar-refractivity contribution in [3.05, 3.63) is 59.7 Å². The average molecular weight is 399 g/mol. The number of rotatable bonds is 9. The van der Waals surface area contributed by atoms with E-state index in [0.717, 1.165) is 22.6 Å². The van der Waals surface area contributed by atoms with Crippen molar-refractivity contribution < 1.29 is 19.1 Å². The molecule has 0 fully saturated rings. The lowest BCUT2D eigenvalue weighted by molar-refractivity contribution is -0.123. The van der Waals surface area contributed by atoms with E-state index in [0.29, 0.717) is 0 Å². The third-order valence-corrected chi connectivity index (χ3v) is 4.41. The minimum absolute atomic E-state index is 0.113. The zero-order valence-electron chi connectivity index (χ0n) is 17.7. The second-order valence-corrected chi connectivity index (χ2v) is 7.26. The Hall–Kier alpha value is -3.02. The van der Waals surface area contributed by atoms with E-state index in [9.17, 15) is 9.59 Å². The van der Waals surface area contributed by atoms with Gasteiger partial charge in [-0.1, -0.05) is 24.3 Å². The SMILES string of the molecule is COc1ccc(C(CC(=O)NC(C)c2ccc(OC(C)C)cc2)NC(C)=O)cc1. The first-order valence-electron chi connectivity index (χ1n) is 9.75. The number of hydrogen-bond acceptors (Lipinski definition) is 4. The first-order valence-corrected chi connectivity index (χ1v) is 9.75. The quantitative estimate of drug-likeness (QED) is 0.671. The van der Waals surface area contributed by atoms with Gasteiger partial charge in [0.1, 0.15) is 11.5 Å². The van der Waals surface area contributed by atoms with Gasteiger partial charge >= 0.3 is 0 Å². The number of ether oxygens (including phenoxy) is 2. The highest BCUT2D eigenvalue weighted by Gasteiger charge is 2.19. The highest BCUT2D eigenvalue weighted by atomic mass is 16.5. The van der Waals surface area contributed by atoms with E-state index in [1.54, 1.807) is 7.11 Å². The summed E-state index contributed by atoms with van der Waals surface area (Å²) in [5.41, 5.74) is 1.83. The van der Waals surface area contributed by atoms with E-state index >= 15 is 0 Å². The highest BCUT2D eigenvalue weighted by Crippen LogP contribution is 2.22. The Balaban J connectivity index is 2.01. The summed E-state index contributed by atoms with van der Waals surface area (Å²) in [5.74, 6) is 1.19. The maximum Gasteiger partial charge on any atom is 0.222 e. The monoisotopic (exact) mass is 398 g/mol. The van der Waals surface area contributed by atoms with Crippen LogP contribution in [0, 0.1) is 0 Å². The Bertz CT molecular complexity index is 801. The summed E-state index contributed by atoms with van der Waals surface area (Å²) in [6.45, 7) is 7.32. The summed E-state index contributed by atoms with van der Waals surface area (Å²) in [5, 5.41) is 5.84. The van der Waals surface area contributed by atoms with Gasteiger partial charge in [0, 0.05) is 6.92 Å². The molecule has 2 rings (SSSR count). The molecule has 0 bridgehead atoms. The predicted molar refractivity (Wildman–Crippen MR) is 113 cm³/mol. The van der Waals surface area contributed by atoms with E-state index in [2.05, 4.69) is 10.6 Å². The van der Waals surface area contributed by atoms with Crippen molar-refractivity contribution in [2.24, 2.45) is 0 Å². The number of carbonyl (C=O) groups is 2. The molecule has 0 aromatic heterocycles. The zero-order valence-corrected chi connectivity index (χ0v) is 17.7. The van der Waals surface area contributed by atoms with Gasteiger partial charge in [-0.25, -0.2) is 0 Å². The van der Waals surface area contributed by atoms with Crippen molar-refractivity contribution in [2.75, 3.05) is 7.11 Å². The minimum atomic E-state index is -0.410. The molecule has 2 aromatic rings. The van der Waals surface area contributed by atoms with Gasteiger partial charge in [-0.2, -0.15) is 0 Å². The molecule has 2 unspecified atom stereocenters. The molecule has 156 valence electrons. The molecule has 2 amide bonds. The normalized spacial score (nSPS) is 12.8. The van der Waals surface area contributed by atoms with Gasteiger partial charge in [0.25, 0.3) is 0 Å². The van der Waals surface area contributed by atoms with Crippen LogP contribution in [0.3, 0.4) is 0 Å². The zero-order chi connectivity index (χ0) is 21.4. The molecule has 29 heavy (non-hydrogen) atoms. The van der Waals surface area contributed by atoms with Crippen molar-refractivity contribution in [2.45, 2.75) is 52.3 Å². The van der Waals surface area contributed by atoms with E-state index in [4.69, 9.17) is 9.47 Å². The Morgan fingerprint density at radius 2 is 1.41 bits per heavy atom. The van der Waals surface area contributed by atoms with Crippen LogP contribution in [0.25, 0.3) is 0 Å². The number of nitrogens with one attached hydrogen (secondary N) is 2. The summed E-state index contributed by atoms with van der Waals surface area (Å²) < 4.78 is 10.8. The fraction of sp³-hybridized carbons (Fsp3) is 0.391. The number of carbonyl (C=O) groups excluding carboxylic acids is 2. The standard InChI is InChI=1S/C23H30N2O4/c1-15(2)29-21-12-6-18(7-13-21)16(3)24-23(27)14-22(25-17(4)26)19-8-10-20(28-5)11-9-19/h6-13,15-16,22H,14H2,1-5H3,(H,24,27)(H,25,26). The minimum Gasteiger partial charge on any atom is -0.497 e. The topological polar surface area (TPSA) is 76.7 Å². The van der Waals surface area contributed by atoms with E-state index in [1.165, 1.54) is 6.92 Å². The lowest BCUT2D eigenvalue weighted by Gasteiger charge is -2.21. The molecule has 2 N–H and O–H groups in total. The molecule has 0 saturated carbocycles. The molecule has 0 spiro atoms. The van der Waals surface area contributed by atoms with Gasteiger partial charge in [-0.05, 0) is 56.2 Å². The molecule has 0 aliphatic rings. The Morgan fingerprint density at radius 3 is 1.93 bits per heavy atom. The molecule has 0 heterocycles. The molecule has 0 aliphatic heterocycles. The van der Waals surface area contributed by atoms with Crippen LogP contribution >= 0.6 is 0 Å². The van der Waals surface area contributed by atoms with Gasteiger partial charge in [0.05, 0.1) is 31.7 Å². The van der Waals surface area contributed by atoms with Gasteiger partial charge in [-0.3, -0.25) is 9.59 Å². The van der Waals surface area contributed by atoms with Crippen LogP contribution in [0.1, 0.15) is 57.3 Å². The van der Waals surface area contributed by atoms with Gasteiger partial charge in [-0.15, -0.1) is 0 Å². The van der Waals surface area contributed by atoms with Gasteiger partial charge in [0.2, 0.25) is 11.8 Å². The predicted octanol–water partition coefficient (Wildman–Crippen LogP) is 3.93. The van der Waals surface area contributed by atoms with E-state index in [1.807, 2.05) is 69.3 Å². The first-order chi connectivity index (χ1) is 13.8. The van der Waals surface area contributed by atoms with Crippen LogP contribution in [0.5, 0.6) is 11.5 Å². The van der Waals surface area contributed by atoms with Gasteiger partial charge in [0.15, 0.2) is 0 Å². The number of benzene rings is 2. The summed E-state index contributed by atoms with van der Waals surface area (Å²) in [7, 11) is 1.59. The Kier molecular flexibility index (Phi) is 8.07. The van der Waals surface area contributed by atoms with Crippen molar-refractivity contribution in [1.82, 2.24) is 10.6 Å². The van der Waals surface area contributed by atoms with Crippen LogP contribution in [-0.2, 0) is 9.59 Å². The van der Waals surface area contributed by atoms with Crippen molar-refractivity contribution in [1.29, 1.82) is 0 Å². The van der Waals surface area contributed by atoms with Crippen molar-refractivity contribution in [3.8, 4) is 11.5 Å². The summed E-state index contributed by atoms with van der Waals surface area (Å²) >= 11 is 0. The maximum atomic E-state index is 12.6. The fourth-order valence-electron chi connectivity index (χ4n) is 3.01. The van der Waals surface area contributed by atoms with Crippen LogP contribution in [0.2, 0.25) is 0 Å². The second-order valence-electron chi connectivity index (χ2n) is 7.26. The third-order valence-electron chi connectivity index (χ3n) is 4.41. The second kappa shape index (κ2) is 10.5. The highest BCUT2D eigenvalue weighted by molar-refractivity contribution is 5.79. The molecule has 0 radical (unpaired) electrons. The molecule has 2 atom stereocenters. The molecule has 0 saturated heterocycles. The lowest BCUT2D eigenvalue weighted by atomic mass is 10.0. The largest absolute Gasteiger partial charge is 0.497 e. The number of methoxy groups -OCH3 is 1. The number of hydrogen-bond donors (Lipinski definition) is 2. The number of amides is 2. The molecule has 2 aromatic carbocycles. The Morgan fingerprint density at radius 1 is 0.862 bits per heavy atom. The van der Waals surface area contributed by atoms with Crippen LogP contribution < -0.4 is 20.1 Å². The van der Waals surface area contributed by atoms with E-state index < -0.39 is 6.04 Å². The Labute approximate surface area is 172 Å². The molecule has 6 heteroatoms. The van der Waals surface area contributed by atoms with E-state index in [-0.39, 0.29) is 30.4 Å². The third kappa shape index (κ3) is 7.14. The van der Waals surface area contributed by atoms with Crippen molar-refractivity contribution >= 4 is 11.8 Å². The maximum absolute atomic E-state index is 12.6. The van der Waals surface area contributed by atoms with Crippen molar-refractivity contribution in [3.63, 3.8) is 0 Å². The van der Waals surface area contributed by atoms with Crippen LogP contribution in [0.4, 0.5) is 0 Å². The average Bonchev–Trinajstić information content (AvgIpc) is 2.67. The van der Waals surface area contributed by atoms with Crippen LogP contribution in [-0.4, -0.2) is 25.0 Å². The van der Waals surface area contributed by atoms with Gasteiger partial charge < -0.3 is 20.1 Å². The van der Waals surface area contributed by atoms with Crippen LogP contribution in [0.15, 0.2) is 48.5 Å². The first kappa shape index (κ1) is 22.3. The molecule has 6 nitrogen and oxygen atoms in total. The molecular weight excluding hydrogens is 368 g/mol. The summed E-state index contributed by atoms with van der Waals surface area (Å²) in [6, 6.07) is 14.4. The fourth-order valence-corrected chi connectivity index (χ4v) is 3.01. The summed E-state index contributed by atoms with van der Waals surface area (Å²) in [6.07, 6.45) is 0.256. The molecule has 0 aliphatic carbocycles. The summed E-state index contributed by atoms with van der Waals surface area (Å²) in [4.78, 5) is 24.2. The lowest BCUT2D eigenvalue weighted by Crippen LogP contribution is -2.33. The smallest absolute Gasteiger partial charge is 0.222 e. The molecular formula is C23H30N2O4.